The molecule has 0 saturated carbocycles. The Bertz CT molecular complexity index is 394. The second-order valence-corrected chi connectivity index (χ2v) is 4.45. The zero-order chi connectivity index (χ0) is 13.0. The molecule has 0 spiro atoms. The van der Waals surface area contributed by atoms with Gasteiger partial charge in [0, 0.05) is 26.2 Å². The third-order valence-corrected chi connectivity index (χ3v) is 3.35. The van der Waals surface area contributed by atoms with Crippen molar-refractivity contribution in [2.45, 2.75) is 26.7 Å². The van der Waals surface area contributed by atoms with E-state index in [1.165, 1.54) is 0 Å². The second-order valence-electron chi connectivity index (χ2n) is 4.45. The van der Waals surface area contributed by atoms with Gasteiger partial charge in [0.1, 0.15) is 0 Å². The van der Waals surface area contributed by atoms with Gasteiger partial charge in [-0.05, 0) is 38.8 Å². The molecule has 18 heavy (non-hydrogen) atoms. The topological polar surface area (TPSA) is 49.3 Å². The average molecular weight is 248 g/mol. The fraction of sp³-hybridized carbons (Fsp3) is 0.615. The van der Waals surface area contributed by atoms with Crippen LogP contribution >= 0.6 is 0 Å². The van der Waals surface area contributed by atoms with Crippen LogP contribution in [0.15, 0.2) is 12.1 Å². The number of nitrogens with zero attached hydrogens (tertiary/aromatic N) is 4. The zero-order valence-electron chi connectivity index (χ0n) is 11.1. The van der Waals surface area contributed by atoms with E-state index < -0.39 is 0 Å². The first kappa shape index (κ1) is 12.8. The van der Waals surface area contributed by atoms with E-state index in [2.05, 4.69) is 28.9 Å². The summed E-state index contributed by atoms with van der Waals surface area (Å²) in [6.07, 6.45) is 2.19. The van der Waals surface area contributed by atoms with Crippen LogP contribution in [0.3, 0.4) is 0 Å². The number of amides is 1. The van der Waals surface area contributed by atoms with Gasteiger partial charge in [-0.1, -0.05) is 0 Å². The molecule has 98 valence electrons. The number of likely N-dealkylation sites (tertiary alicyclic amines) is 1. The van der Waals surface area contributed by atoms with E-state index in [0.717, 1.165) is 44.8 Å². The van der Waals surface area contributed by atoms with Crippen LogP contribution in [0.5, 0.6) is 0 Å². The molecule has 0 atom stereocenters. The molecule has 0 bridgehead atoms. The first-order valence-corrected chi connectivity index (χ1v) is 6.64. The van der Waals surface area contributed by atoms with E-state index in [-0.39, 0.29) is 5.91 Å². The molecule has 1 fully saturated rings. The third-order valence-electron chi connectivity index (χ3n) is 3.35. The van der Waals surface area contributed by atoms with Crippen LogP contribution in [0, 0.1) is 0 Å². The number of hydrogen-bond donors (Lipinski definition) is 0. The Labute approximate surface area is 108 Å². The number of aromatic nitrogens is 2. The van der Waals surface area contributed by atoms with Crippen molar-refractivity contribution in [1.82, 2.24) is 15.1 Å². The molecule has 1 aliphatic heterocycles. The Kier molecular flexibility index (Phi) is 4.12. The lowest BCUT2D eigenvalue weighted by Gasteiger charge is -2.19. The highest BCUT2D eigenvalue weighted by Crippen LogP contribution is 2.13. The Morgan fingerprint density at radius 3 is 2.39 bits per heavy atom. The molecule has 2 rings (SSSR count). The number of carbonyl (C=O) groups excluding carboxylic acids is 1. The minimum absolute atomic E-state index is 0.00565. The fourth-order valence-electron chi connectivity index (χ4n) is 2.24. The van der Waals surface area contributed by atoms with Crippen LogP contribution in [-0.2, 0) is 0 Å². The van der Waals surface area contributed by atoms with Crippen LogP contribution < -0.4 is 4.90 Å². The molecule has 0 unspecified atom stereocenters. The summed E-state index contributed by atoms with van der Waals surface area (Å²) in [6.45, 7) is 7.63. The maximum Gasteiger partial charge on any atom is 0.274 e. The Morgan fingerprint density at radius 1 is 1.22 bits per heavy atom. The van der Waals surface area contributed by atoms with E-state index in [1.54, 1.807) is 6.07 Å². The Hall–Kier alpha value is -1.65. The van der Waals surface area contributed by atoms with Crippen molar-refractivity contribution in [2.75, 3.05) is 31.1 Å². The number of anilines is 1. The average Bonchev–Trinajstić information content (AvgIpc) is 2.94. The van der Waals surface area contributed by atoms with Gasteiger partial charge in [-0.2, -0.15) is 0 Å². The fourth-order valence-corrected chi connectivity index (χ4v) is 2.24. The number of hydrogen-bond acceptors (Lipinski definition) is 4. The summed E-state index contributed by atoms with van der Waals surface area (Å²) in [5.41, 5.74) is 0.452. The molecule has 1 aliphatic rings. The van der Waals surface area contributed by atoms with Crippen molar-refractivity contribution in [3.63, 3.8) is 0 Å². The van der Waals surface area contributed by atoms with Gasteiger partial charge >= 0.3 is 0 Å². The summed E-state index contributed by atoms with van der Waals surface area (Å²) in [4.78, 5) is 16.0. The number of carbonyl (C=O) groups is 1. The van der Waals surface area contributed by atoms with Crippen LogP contribution in [0.1, 0.15) is 37.2 Å². The molecule has 2 heterocycles. The summed E-state index contributed by atoms with van der Waals surface area (Å²) in [5, 5.41) is 8.20. The molecule has 5 heteroatoms. The summed E-state index contributed by atoms with van der Waals surface area (Å²) < 4.78 is 0. The molecule has 1 amide bonds. The summed E-state index contributed by atoms with van der Waals surface area (Å²) in [6, 6.07) is 3.66. The SMILES string of the molecule is CCN(CC)c1ccc(C(=O)N2CCCC2)nn1. The quantitative estimate of drug-likeness (QED) is 0.811. The standard InChI is InChI=1S/C13H20N4O/c1-3-16(4-2)12-8-7-11(14-15-12)13(18)17-9-5-6-10-17/h7-8H,3-6,9-10H2,1-2H3. The lowest BCUT2D eigenvalue weighted by atomic mass is 10.3. The molecule has 0 aromatic carbocycles. The highest BCUT2D eigenvalue weighted by molar-refractivity contribution is 5.92. The van der Waals surface area contributed by atoms with E-state index >= 15 is 0 Å². The Balaban J connectivity index is 2.09. The van der Waals surface area contributed by atoms with Gasteiger partial charge in [-0.3, -0.25) is 4.79 Å². The molecule has 1 saturated heterocycles. The third kappa shape index (κ3) is 2.60. The Morgan fingerprint density at radius 2 is 1.89 bits per heavy atom. The van der Waals surface area contributed by atoms with Gasteiger partial charge in [0.25, 0.3) is 5.91 Å². The van der Waals surface area contributed by atoms with E-state index in [1.807, 2.05) is 11.0 Å². The summed E-state index contributed by atoms with van der Waals surface area (Å²) >= 11 is 0. The largest absolute Gasteiger partial charge is 0.356 e. The van der Waals surface area contributed by atoms with E-state index in [9.17, 15) is 4.79 Å². The predicted molar refractivity (Wildman–Crippen MR) is 70.7 cm³/mol. The molecule has 0 radical (unpaired) electrons. The predicted octanol–water partition coefficient (Wildman–Crippen LogP) is 1.56. The molecule has 5 nitrogen and oxygen atoms in total. The van der Waals surface area contributed by atoms with Gasteiger partial charge in [-0.25, -0.2) is 0 Å². The van der Waals surface area contributed by atoms with Crippen LogP contribution in [-0.4, -0.2) is 47.2 Å². The monoisotopic (exact) mass is 248 g/mol. The van der Waals surface area contributed by atoms with Gasteiger partial charge in [0.05, 0.1) is 0 Å². The number of rotatable bonds is 4. The minimum atomic E-state index is 0.00565. The smallest absolute Gasteiger partial charge is 0.274 e. The maximum atomic E-state index is 12.1. The van der Waals surface area contributed by atoms with Crippen molar-refractivity contribution in [3.05, 3.63) is 17.8 Å². The second kappa shape index (κ2) is 5.80. The van der Waals surface area contributed by atoms with Gasteiger partial charge in [0.2, 0.25) is 0 Å². The summed E-state index contributed by atoms with van der Waals surface area (Å²) in [7, 11) is 0. The minimum Gasteiger partial charge on any atom is -0.356 e. The van der Waals surface area contributed by atoms with Crippen molar-refractivity contribution in [1.29, 1.82) is 0 Å². The van der Waals surface area contributed by atoms with Crippen molar-refractivity contribution < 1.29 is 4.79 Å². The van der Waals surface area contributed by atoms with Crippen LogP contribution in [0.25, 0.3) is 0 Å². The molecule has 1 aromatic heterocycles. The zero-order valence-corrected chi connectivity index (χ0v) is 11.1. The molecule has 0 aliphatic carbocycles. The van der Waals surface area contributed by atoms with Gasteiger partial charge in [0.15, 0.2) is 11.5 Å². The van der Waals surface area contributed by atoms with Crippen molar-refractivity contribution in [2.24, 2.45) is 0 Å². The van der Waals surface area contributed by atoms with Crippen LogP contribution in [0.4, 0.5) is 5.82 Å². The van der Waals surface area contributed by atoms with Gasteiger partial charge in [-0.15, -0.1) is 10.2 Å². The normalized spacial score (nSPS) is 14.9. The van der Waals surface area contributed by atoms with Crippen molar-refractivity contribution in [3.8, 4) is 0 Å². The molecular formula is C13H20N4O. The summed E-state index contributed by atoms with van der Waals surface area (Å²) in [5.74, 6) is 0.837. The van der Waals surface area contributed by atoms with Gasteiger partial charge < -0.3 is 9.80 Å². The highest BCUT2D eigenvalue weighted by Gasteiger charge is 2.20. The van der Waals surface area contributed by atoms with E-state index in [4.69, 9.17) is 0 Å². The molecule has 1 aromatic rings. The first-order chi connectivity index (χ1) is 8.76. The lowest BCUT2D eigenvalue weighted by Crippen LogP contribution is -2.29. The lowest BCUT2D eigenvalue weighted by molar-refractivity contribution is 0.0786. The molecule has 0 N–H and O–H groups in total. The highest BCUT2D eigenvalue weighted by atomic mass is 16.2. The molecular weight excluding hydrogens is 228 g/mol. The first-order valence-electron chi connectivity index (χ1n) is 6.64. The van der Waals surface area contributed by atoms with Crippen LogP contribution in [0.2, 0.25) is 0 Å². The van der Waals surface area contributed by atoms with Crippen molar-refractivity contribution >= 4 is 11.7 Å². The van der Waals surface area contributed by atoms with E-state index in [0.29, 0.717) is 5.69 Å². The maximum absolute atomic E-state index is 12.1.